The molecule has 1 aromatic heterocycles. The van der Waals surface area contributed by atoms with Crippen molar-refractivity contribution in [1.29, 1.82) is 5.26 Å². The van der Waals surface area contributed by atoms with Crippen LogP contribution in [0.2, 0.25) is 0 Å². The van der Waals surface area contributed by atoms with Crippen LogP contribution in [-0.2, 0) is 16.1 Å². The number of nitrogens with zero attached hydrogens (tertiary/aromatic N) is 2. The van der Waals surface area contributed by atoms with E-state index in [1.807, 2.05) is 0 Å². The Balaban J connectivity index is 1.84. The number of carbonyl (C=O) groups is 2. The van der Waals surface area contributed by atoms with E-state index in [9.17, 15) is 28.0 Å². The summed E-state index contributed by atoms with van der Waals surface area (Å²) in [6.07, 6.45) is -1.99. The molecule has 10 heteroatoms. The molecular formula is C21H14F3N3O4. The molecule has 0 aliphatic carbocycles. The number of nitrogens with one attached hydrogen (secondary N) is 1. The molecule has 3 rings (SSSR count). The Morgan fingerprint density at radius 2 is 1.84 bits per heavy atom. The second-order valence-corrected chi connectivity index (χ2v) is 6.32. The summed E-state index contributed by atoms with van der Waals surface area (Å²) in [6, 6.07) is 13.1. The molecule has 0 fully saturated rings. The van der Waals surface area contributed by atoms with Crippen LogP contribution in [0.4, 0.5) is 18.9 Å². The van der Waals surface area contributed by atoms with Gasteiger partial charge < -0.3 is 19.7 Å². The van der Waals surface area contributed by atoms with Crippen molar-refractivity contribution >= 4 is 34.5 Å². The fraction of sp³-hybridized carbons (Fsp3) is 0.0952. The average Bonchev–Trinajstić information content (AvgIpc) is 3.03. The van der Waals surface area contributed by atoms with Crippen LogP contribution in [0.3, 0.4) is 0 Å². The van der Waals surface area contributed by atoms with Crippen LogP contribution in [0.25, 0.3) is 17.0 Å². The lowest BCUT2D eigenvalue weighted by Gasteiger charge is -2.09. The zero-order valence-corrected chi connectivity index (χ0v) is 15.7. The van der Waals surface area contributed by atoms with E-state index in [0.717, 1.165) is 12.1 Å². The summed E-state index contributed by atoms with van der Waals surface area (Å²) in [7, 11) is 0. The van der Waals surface area contributed by atoms with E-state index < -0.39 is 24.0 Å². The first-order valence-electron chi connectivity index (χ1n) is 8.75. The number of hydrogen-bond acceptors (Lipinski definition) is 4. The Kier molecular flexibility index (Phi) is 5.97. The number of aromatic nitrogens is 1. The van der Waals surface area contributed by atoms with Gasteiger partial charge in [-0.1, -0.05) is 18.2 Å². The number of alkyl halides is 3. The minimum atomic E-state index is -4.83. The molecule has 31 heavy (non-hydrogen) atoms. The van der Waals surface area contributed by atoms with Crippen molar-refractivity contribution in [2.45, 2.75) is 12.9 Å². The zero-order chi connectivity index (χ0) is 22.6. The number of halogens is 3. The maximum Gasteiger partial charge on any atom is 0.573 e. The number of nitriles is 1. The lowest BCUT2D eigenvalue weighted by Crippen LogP contribution is -2.17. The predicted molar refractivity (Wildman–Crippen MR) is 105 cm³/mol. The maximum atomic E-state index is 12.5. The Bertz CT molecular complexity index is 1210. The molecule has 1 heterocycles. The normalized spacial score (nSPS) is 11.7. The molecule has 2 aromatic carbocycles. The highest BCUT2D eigenvalue weighted by atomic mass is 19.4. The number of ether oxygens (including phenoxy) is 1. The van der Waals surface area contributed by atoms with E-state index in [1.165, 1.54) is 29.0 Å². The van der Waals surface area contributed by atoms with Gasteiger partial charge in [0.25, 0.3) is 5.91 Å². The lowest BCUT2D eigenvalue weighted by atomic mass is 10.1. The third-order valence-electron chi connectivity index (χ3n) is 4.14. The van der Waals surface area contributed by atoms with Crippen molar-refractivity contribution in [3.8, 4) is 11.8 Å². The molecule has 7 nitrogen and oxygen atoms in total. The van der Waals surface area contributed by atoms with Crippen molar-refractivity contribution < 1.29 is 32.6 Å². The zero-order valence-electron chi connectivity index (χ0n) is 15.7. The van der Waals surface area contributed by atoms with Gasteiger partial charge in [-0.05, 0) is 36.4 Å². The maximum absolute atomic E-state index is 12.5. The van der Waals surface area contributed by atoms with Gasteiger partial charge in [-0.15, -0.1) is 13.2 Å². The van der Waals surface area contributed by atoms with Crippen molar-refractivity contribution in [3.05, 3.63) is 65.9 Å². The molecule has 0 saturated heterocycles. The molecule has 3 aromatic rings. The van der Waals surface area contributed by atoms with E-state index >= 15 is 0 Å². The second-order valence-electron chi connectivity index (χ2n) is 6.32. The van der Waals surface area contributed by atoms with Crippen LogP contribution in [0, 0.1) is 11.3 Å². The highest BCUT2D eigenvalue weighted by molar-refractivity contribution is 6.10. The monoisotopic (exact) mass is 429 g/mol. The predicted octanol–water partition coefficient (Wildman–Crippen LogP) is 4.17. The van der Waals surface area contributed by atoms with E-state index in [-0.39, 0.29) is 17.8 Å². The Morgan fingerprint density at radius 3 is 2.45 bits per heavy atom. The molecule has 0 unspecified atom stereocenters. The molecule has 0 spiro atoms. The smallest absolute Gasteiger partial charge is 0.480 e. The fourth-order valence-corrected chi connectivity index (χ4v) is 2.91. The standard InChI is InChI=1S/C21H14F3N3O4/c22-21(23,24)31-16-7-5-15(6-8-16)26-20(30)13(10-25)9-14-11-27(12-19(28)29)18-4-2-1-3-17(14)18/h1-9,11H,12H2,(H,26,30)(H,28,29)/b13-9+. The van der Waals surface area contributed by atoms with Gasteiger partial charge in [-0.2, -0.15) is 5.26 Å². The fourth-order valence-electron chi connectivity index (χ4n) is 2.91. The van der Waals surface area contributed by atoms with Gasteiger partial charge in [0, 0.05) is 28.4 Å². The number of aliphatic carboxylic acids is 1. The van der Waals surface area contributed by atoms with E-state index in [1.54, 1.807) is 30.3 Å². The molecule has 1 amide bonds. The molecule has 0 atom stereocenters. The number of carboxylic acid groups (broad SMARTS) is 1. The molecule has 0 aliphatic rings. The third-order valence-corrected chi connectivity index (χ3v) is 4.14. The Morgan fingerprint density at radius 1 is 1.16 bits per heavy atom. The first-order chi connectivity index (χ1) is 14.7. The summed E-state index contributed by atoms with van der Waals surface area (Å²) in [5.74, 6) is -2.28. The van der Waals surface area contributed by atoms with Crippen LogP contribution in [0.15, 0.2) is 60.3 Å². The molecule has 158 valence electrons. The topological polar surface area (TPSA) is 104 Å². The second kappa shape index (κ2) is 8.62. The third kappa shape index (κ3) is 5.42. The van der Waals surface area contributed by atoms with E-state index in [4.69, 9.17) is 5.11 Å². The summed E-state index contributed by atoms with van der Waals surface area (Å²) in [4.78, 5) is 23.6. The molecule has 0 radical (unpaired) electrons. The van der Waals surface area contributed by atoms with Gasteiger partial charge in [0.2, 0.25) is 0 Å². The number of carbonyl (C=O) groups excluding carboxylic acids is 1. The van der Waals surface area contributed by atoms with Crippen molar-refractivity contribution in [2.24, 2.45) is 0 Å². The van der Waals surface area contributed by atoms with Crippen molar-refractivity contribution in [2.75, 3.05) is 5.32 Å². The largest absolute Gasteiger partial charge is 0.573 e. The molecule has 0 bridgehead atoms. The van der Waals surface area contributed by atoms with Crippen LogP contribution in [0.5, 0.6) is 5.75 Å². The number of benzene rings is 2. The Labute approximate surface area is 173 Å². The van der Waals surface area contributed by atoms with Gasteiger partial charge in [-0.25, -0.2) is 0 Å². The summed E-state index contributed by atoms with van der Waals surface area (Å²) >= 11 is 0. The molecular weight excluding hydrogens is 415 g/mol. The van der Waals surface area contributed by atoms with Gasteiger partial charge in [-0.3, -0.25) is 9.59 Å². The quantitative estimate of drug-likeness (QED) is 0.452. The van der Waals surface area contributed by atoms with E-state index in [0.29, 0.717) is 16.5 Å². The van der Waals surface area contributed by atoms with Crippen LogP contribution in [0.1, 0.15) is 5.56 Å². The molecule has 0 aliphatic heterocycles. The van der Waals surface area contributed by atoms with Crippen LogP contribution < -0.4 is 10.1 Å². The first-order valence-corrected chi connectivity index (χ1v) is 8.75. The number of amides is 1. The number of rotatable bonds is 6. The number of hydrogen-bond donors (Lipinski definition) is 2. The number of fused-ring (bicyclic) bond motifs is 1. The number of anilines is 1. The Hall–Kier alpha value is -4.26. The minimum Gasteiger partial charge on any atom is -0.480 e. The van der Waals surface area contributed by atoms with Gasteiger partial charge in [0.05, 0.1) is 0 Å². The highest BCUT2D eigenvalue weighted by Crippen LogP contribution is 2.25. The van der Waals surface area contributed by atoms with Crippen molar-refractivity contribution in [1.82, 2.24) is 4.57 Å². The van der Waals surface area contributed by atoms with E-state index in [2.05, 4.69) is 10.1 Å². The van der Waals surface area contributed by atoms with Crippen LogP contribution >= 0.6 is 0 Å². The minimum absolute atomic E-state index is 0.161. The van der Waals surface area contributed by atoms with Gasteiger partial charge in [0.1, 0.15) is 23.9 Å². The van der Waals surface area contributed by atoms with Crippen molar-refractivity contribution in [3.63, 3.8) is 0 Å². The summed E-state index contributed by atoms with van der Waals surface area (Å²) in [5, 5.41) is 21.6. The first kappa shape index (κ1) is 21.4. The van der Waals surface area contributed by atoms with Crippen LogP contribution in [-0.4, -0.2) is 27.9 Å². The summed E-state index contributed by atoms with van der Waals surface area (Å²) in [6.45, 7) is -0.297. The molecule has 0 saturated carbocycles. The lowest BCUT2D eigenvalue weighted by molar-refractivity contribution is -0.274. The SMILES string of the molecule is N#C/C(=C\c1cn(CC(=O)O)c2ccccc12)C(=O)Nc1ccc(OC(F)(F)F)cc1. The number of para-hydroxylation sites is 1. The van der Waals surface area contributed by atoms with Gasteiger partial charge >= 0.3 is 12.3 Å². The van der Waals surface area contributed by atoms with Gasteiger partial charge in [0.15, 0.2) is 0 Å². The average molecular weight is 429 g/mol. The highest BCUT2D eigenvalue weighted by Gasteiger charge is 2.31. The number of carboxylic acids is 1. The summed E-state index contributed by atoms with van der Waals surface area (Å²) < 4.78 is 41.9. The summed E-state index contributed by atoms with van der Waals surface area (Å²) in [5.41, 5.74) is 0.981. The molecule has 2 N–H and O–H groups in total.